The van der Waals surface area contributed by atoms with Gasteiger partial charge in [0.15, 0.2) is 0 Å². The van der Waals surface area contributed by atoms with E-state index in [1.807, 2.05) is 0 Å². The summed E-state index contributed by atoms with van der Waals surface area (Å²) in [6, 6.07) is 0. The van der Waals surface area contributed by atoms with E-state index in [9.17, 15) is 0 Å². The van der Waals surface area contributed by atoms with Crippen LogP contribution in [0.1, 0.15) is 13.8 Å². The number of hydrogen-bond acceptors (Lipinski definition) is 1. The van der Waals surface area contributed by atoms with Crippen LogP contribution < -0.4 is 5.32 Å². The fourth-order valence-corrected chi connectivity index (χ4v) is 2.05. The van der Waals surface area contributed by atoms with Gasteiger partial charge in [-0.3, -0.25) is 0 Å². The summed E-state index contributed by atoms with van der Waals surface area (Å²) in [5.41, 5.74) is 1.38. The molecular formula is C8H12IN. The average Bonchev–Trinajstić information content (AvgIpc) is 1.88. The monoisotopic (exact) mass is 249 g/mol. The van der Waals surface area contributed by atoms with Crippen LogP contribution in [0, 0.1) is 5.92 Å². The summed E-state index contributed by atoms with van der Waals surface area (Å²) in [6.07, 6.45) is 4.32. The Morgan fingerprint density at radius 2 is 2.30 bits per heavy atom. The molecular weight excluding hydrogens is 237 g/mol. The number of halogens is 1. The zero-order valence-corrected chi connectivity index (χ0v) is 8.47. The molecule has 1 aliphatic heterocycles. The first kappa shape index (κ1) is 8.11. The minimum atomic E-state index is 0.622. The van der Waals surface area contributed by atoms with Gasteiger partial charge in [-0.1, -0.05) is 19.9 Å². The normalized spacial score (nSPS) is 18.0. The van der Waals surface area contributed by atoms with Crippen molar-refractivity contribution in [2.24, 2.45) is 5.92 Å². The molecule has 0 atom stereocenters. The molecule has 0 amide bonds. The Balaban J connectivity index is 2.79. The SMILES string of the molecule is CC(C)C1=C(I)C=CCN1. The van der Waals surface area contributed by atoms with Crippen LogP contribution in [0.15, 0.2) is 21.4 Å². The third-order valence-electron chi connectivity index (χ3n) is 1.51. The third-order valence-corrected chi connectivity index (χ3v) is 2.45. The van der Waals surface area contributed by atoms with Crippen LogP contribution in [-0.2, 0) is 0 Å². The molecule has 2 heteroatoms. The molecule has 0 aromatic carbocycles. The Hall–Kier alpha value is 0.01000. The second-order valence-corrected chi connectivity index (χ2v) is 3.86. The summed E-state index contributed by atoms with van der Waals surface area (Å²) < 4.78 is 1.35. The summed E-state index contributed by atoms with van der Waals surface area (Å²) in [7, 11) is 0. The lowest BCUT2D eigenvalue weighted by Gasteiger charge is -2.17. The minimum Gasteiger partial charge on any atom is -0.384 e. The van der Waals surface area contributed by atoms with Crippen molar-refractivity contribution in [1.29, 1.82) is 0 Å². The van der Waals surface area contributed by atoms with Crippen LogP contribution in [0.2, 0.25) is 0 Å². The molecule has 0 radical (unpaired) electrons. The van der Waals surface area contributed by atoms with Crippen molar-refractivity contribution in [2.45, 2.75) is 13.8 Å². The minimum absolute atomic E-state index is 0.622. The van der Waals surface area contributed by atoms with E-state index in [1.54, 1.807) is 0 Å². The van der Waals surface area contributed by atoms with Crippen molar-refractivity contribution in [3.05, 3.63) is 21.4 Å². The van der Waals surface area contributed by atoms with Crippen molar-refractivity contribution in [3.63, 3.8) is 0 Å². The Morgan fingerprint density at radius 3 is 2.70 bits per heavy atom. The van der Waals surface area contributed by atoms with E-state index in [4.69, 9.17) is 0 Å². The molecule has 0 saturated carbocycles. The zero-order valence-electron chi connectivity index (χ0n) is 6.32. The van der Waals surface area contributed by atoms with Crippen molar-refractivity contribution in [1.82, 2.24) is 5.32 Å². The summed E-state index contributed by atoms with van der Waals surface area (Å²) in [4.78, 5) is 0. The zero-order chi connectivity index (χ0) is 7.56. The highest BCUT2D eigenvalue weighted by molar-refractivity contribution is 14.1. The lowest BCUT2D eigenvalue weighted by Crippen LogP contribution is -2.20. The van der Waals surface area contributed by atoms with Gasteiger partial charge in [0, 0.05) is 15.8 Å². The molecule has 0 fully saturated rings. The smallest absolute Gasteiger partial charge is 0.0331 e. The number of nitrogens with one attached hydrogen (secondary N) is 1. The topological polar surface area (TPSA) is 12.0 Å². The van der Waals surface area contributed by atoms with Gasteiger partial charge in [-0.25, -0.2) is 0 Å². The van der Waals surface area contributed by atoms with Gasteiger partial charge < -0.3 is 5.32 Å². The predicted molar refractivity (Wildman–Crippen MR) is 53.0 cm³/mol. The molecule has 0 bridgehead atoms. The Bertz CT molecular complexity index is 180. The maximum absolute atomic E-state index is 3.35. The quantitative estimate of drug-likeness (QED) is 0.704. The fraction of sp³-hybridized carbons (Fsp3) is 0.500. The highest BCUT2D eigenvalue weighted by Crippen LogP contribution is 2.20. The maximum Gasteiger partial charge on any atom is 0.0331 e. The van der Waals surface area contributed by atoms with Gasteiger partial charge in [-0.2, -0.15) is 0 Å². The van der Waals surface area contributed by atoms with Crippen LogP contribution in [0.3, 0.4) is 0 Å². The third kappa shape index (κ3) is 1.75. The molecule has 1 N–H and O–H groups in total. The number of hydrogen-bond donors (Lipinski definition) is 1. The van der Waals surface area contributed by atoms with E-state index < -0.39 is 0 Å². The van der Waals surface area contributed by atoms with Gasteiger partial charge in [-0.05, 0) is 34.6 Å². The van der Waals surface area contributed by atoms with Crippen molar-refractivity contribution >= 4 is 22.6 Å². The van der Waals surface area contributed by atoms with Gasteiger partial charge in [0.2, 0.25) is 0 Å². The van der Waals surface area contributed by atoms with Crippen LogP contribution in [0.4, 0.5) is 0 Å². The maximum atomic E-state index is 3.35. The summed E-state index contributed by atoms with van der Waals surface area (Å²) in [5.74, 6) is 0.622. The lowest BCUT2D eigenvalue weighted by molar-refractivity contribution is 0.674. The molecule has 0 aromatic rings. The van der Waals surface area contributed by atoms with Gasteiger partial charge >= 0.3 is 0 Å². The lowest BCUT2D eigenvalue weighted by atomic mass is 10.1. The van der Waals surface area contributed by atoms with E-state index in [0.29, 0.717) is 5.92 Å². The first-order valence-corrected chi connectivity index (χ1v) is 4.59. The highest BCUT2D eigenvalue weighted by Gasteiger charge is 2.07. The van der Waals surface area contributed by atoms with Gasteiger partial charge in [0.1, 0.15) is 0 Å². The molecule has 0 saturated heterocycles. The van der Waals surface area contributed by atoms with Crippen LogP contribution in [0.5, 0.6) is 0 Å². The van der Waals surface area contributed by atoms with E-state index in [2.05, 4.69) is 53.9 Å². The molecule has 56 valence electrons. The Labute approximate surface area is 75.7 Å². The van der Waals surface area contributed by atoms with Crippen molar-refractivity contribution in [2.75, 3.05) is 6.54 Å². The average molecular weight is 249 g/mol. The molecule has 0 spiro atoms. The number of allylic oxidation sites excluding steroid dienone is 3. The molecule has 1 rings (SSSR count). The molecule has 0 aromatic heterocycles. The molecule has 1 aliphatic rings. The van der Waals surface area contributed by atoms with Crippen LogP contribution in [0.25, 0.3) is 0 Å². The second kappa shape index (κ2) is 3.42. The van der Waals surface area contributed by atoms with E-state index in [-0.39, 0.29) is 0 Å². The van der Waals surface area contributed by atoms with Crippen LogP contribution >= 0.6 is 22.6 Å². The molecule has 0 aliphatic carbocycles. The van der Waals surface area contributed by atoms with E-state index in [1.165, 1.54) is 9.28 Å². The summed E-state index contributed by atoms with van der Waals surface area (Å²) in [5, 5.41) is 3.35. The first-order valence-electron chi connectivity index (χ1n) is 3.52. The predicted octanol–water partition coefficient (Wildman–Crippen LogP) is 2.45. The summed E-state index contributed by atoms with van der Waals surface area (Å²) in [6.45, 7) is 5.40. The van der Waals surface area contributed by atoms with Gasteiger partial charge in [0.25, 0.3) is 0 Å². The number of rotatable bonds is 1. The largest absolute Gasteiger partial charge is 0.384 e. The summed E-state index contributed by atoms with van der Waals surface area (Å²) >= 11 is 2.36. The standard InChI is InChI=1S/C8H12IN/c1-6(2)8-7(9)4-3-5-10-8/h3-4,6,10H,5H2,1-2H3. The van der Waals surface area contributed by atoms with Crippen molar-refractivity contribution < 1.29 is 0 Å². The van der Waals surface area contributed by atoms with Crippen LogP contribution in [-0.4, -0.2) is 6.54 Å². The Kier molecular flexibility index (Phi) is 2.77. The molecule has 1 nitrogen and oxygen atoms in total. The molecule has 0 unspecified atom stereocenters. The van der Waals surface area contributed by atoms with Gasteiger partial charge in [-0.15, -0.1) is 0 Å². The van der Waals surface area contributed by atoms with E-state index >= 15 is 0 Å². The molecule has 10 heavy (non-hydrogen) atoms. The second-order valence-electron chi connectivity index (χ2n) is 2.70. The highest BCUT2D eigenvalue weighted by atomic mass is 127. The van der Waals surface area contributed by atoms with Crippen molar-refractivity contribution in [3.8, 4) is 0 Å². The fourth-order valence-electron chi connectivity index (χ4n) is 0.985. The first-order chi connectivity index (χ1) is 4.72. The Morgan fingerprint density at radius 1 is 1.60 bits per heavy atom. The van der Waals surface area contributed by atoms with E-state index in [0.717, 1.165) is 6.54 Å². The molecule has 1 heterocycles. The van der Waals surface area contributed by atoms with Gasteiger partial charge in [0.05, 0.1) is 0 Å². The number of dihydropyridines is 1.